The maximum absolute atomic E-state index is 5.71. The van der Waals surface area contributed by atoms with Crippen molar-refractivity contribution in [1.29, 1.82) is 0 Å². The first-order valence-electron chi connectivity index (χ1n) is 6.97. The SMILES string of the molecule is Cc1ccc(Cn2c(CCN)nc3ccccc32)cc1. The summed E-state index contributed by atoms with van der Waals surface area (Å²) in [5.41, 5.74) is 10.5. The van der Waals surface area contributed by atoms with Crippen molar-refractivity contribution < 1.29 is 0 Å². The molecule has 3 heteroatoms. The van der Waals surface area contributed by atoms with Crippen molar-refractivity contribution in [3.8, 4) is 0 Å². The van der Waals surface area contributed by atoms with Gasteiger partial charge in [-0.2, -0.15) is 0 Å². The molecule has 0 aliphatic heterocycles. The van der Waals surface area contributed by atoms with Gasteiger partial charge < -0.3 is 10.3 Å². The van der Waals surface area contributed by atoms with Gasteiger partial charge in [-0.25, -0.2) is 4.98 Å². The van der Waals surface area contributed by atoms with Crippen LogP contribution in [0.2, 0.25) is 0 Å². The van der Waals surface area contributed by atoms with E-state index in [0.29, 0.717) is 6.54 Å². The monoisotopic (exact) mass is 265 g/mol. The van der Waals surface area contributed by atoms with Crippen LogP contribution in [0.3, 0.4) is 0 Å². The summed E-state index contributed by atoms with van der Waals surface area (Å²) in [5, 5.41) is 0. The lowest BCUT2D eigenvalue weighted by molar-refractivity contribution is 0.734. The van der Waals surface area contributed by atoms with Crippen molar-refractivity contribution in [3.05, 3.63) is 65.5 Å². The van der Waals surface area contributed by atoms with Gasteiger partial charge in [0.1, 0.15) is 5.82 Å². The molecule has 0 aliphatic carbocycles. The Kier molecular flexibility index (Phi) is 3.52. The fraction of sp³-hybridized carbons (Fsp3) is 0.235. The molecule has 3 nitrogen and oxygen atoms in total. The summed E-state index contributed by atoms with van der Waals surface area (Å²) in [6, 6.07) is 16.9. The Bertz CT molecular complexity index is 711. The number of imidazole rings is 1. The molecule has 20 heavy (non-hydrogen) atoms. The number of nitrogens with two attached hydrogens (primary N) is 1. The van der Waals surface area contributed by atoms with Crippen LogP contribution >= 0.6 is 0 Å². The van der Waals surface area contributed by atoms with E-state index in [2.05, 4.69) is 54.0 Å². The zero-order chi connectivity index (χ0) is 13.9. The standard InChI is InChI=1S/C17H19N3/c1-13-6-8-14(9-7-13)12-20-16-5-3-2-4-15(16)19-17(20)10-11-18/h2-9H,10-12,18H2,1H3. The first-order chi connectivity index (χ1) is 9.78. The molecule has 0 amide bonds. The maximum Gasteiger partial charge on any atom is 0.111 e. The van der Waals surface area contributed by atoms with Crippen LogP contribution in [0.4, 0.5) is 0 Å². The molecule has 2 N–H and O–H groups in total. The van der Waals surface area contributed by atoms with Crippen LogP contribution in [0.5, 0.6) is 0 Å². The van der Waals surface area contributed by atoms with Crippen molar-refractivity contribution >= 4 is 11.0 Å². The quantitative estimate of drug-likeness (QED) is 0.788. The molecule has 3 rings (SSSR count). The van der Waals surface area contributed by atoms with Crippen molar-refractivity contribution in [1.82, 2.24) is 9.55 Å². The molecule has 0 aliphatic rings. The number of rotatable bonds is 4. The second-order valence-electron chi connectivity index (χ2n) is 5.13. The maximum atomic E-state index is 5.71. The number of fused-ring (bicyclic) bond motifs is 1. The summed E-state index contributed by atoms with van der Waals surface area (Å²) >= 11 is 0. The summed E-state index contributed by atoms with van der Waals surface area (Å²) in [7, 11) is 0. The smallest absolute Gasteiger partial charge is 0.111 e. The topological polar surface area (TPSA) is 43.8 Å². The zero-order valence-electron chi connectivity index (χ0n) is 11.7. The molecule has 0 saturated carbocycles. The number of hydrogen-bond acceptors (Lipinski definition) is 2. The number of hydrogen-bond donors (Lipinski definition) is 1. The first-order valence-corrected chi connectivity index (χ1v) is 6.97. The van der Waals surface area contributed by atoms with Gasteiger partial charge in [-0.3, -0.25) is 0 Å². The van der Waals surface area contributed by atoms with E-state index in [9.17, 15) is 0 Å². The number of aryl methyl sites for hydroxylation is 1. The van der Waals surface area contributed by atoms with Gasteiger partial charge in [0.15, 0.2) is 0 Å². The van der Waals surface area contributed by atoms with Crippen LogP contribution in [-0.4, -0.2) is 16.1 Å². The molecule has 102 valence electrons. The number of nitrogens with zero attached hydrogens (tertiary/aromatic N) is 2. The van der Waals surface area contributed by atoms with Gasteiger partial charge in [-0.1, -0.05) is 42.0 Å². The van der Waals surface area contributed by atoms with Crippen LogP contribution in [0.25, 0.3) is 11.0 Å². The first kappa shape index (κ1) is 12.9. The Morgan fingerprint density at radius 1 is 1.05 bits per heavy atom. The zero-order valence-corrected chi connectivity index (χ0v) is 11.7. The molecule has 1 aromatic heterocycles. The molecule has 1 heterocycles. The summed E-state index contributed by atoms with van der Waals surface area (Å²) in [5.74, 6) is 1.06. The minimum atomic E-state index is 0.622. The summed E-state index contributed by atoms with van der Waals surface area (Å²) < 4.78 is 2.27. The lowest BCUT2D eigenvalue weighted by atomic mass is 10.1. The summed E-state index contributed by atoms with van der Waals surface area (Å²) in [6.45, 7) is 3.57. The highest BCUT2D eigenvalue weighted by Crippen LogP contribution is 2.18. The van der Waals surface area contributed by atoms with Crippen molar-refractivity contribution in [2.24, 2.45) is 5.73 Å². The Hall–Kier alpha value is -2.13. The summed E-state index contributed by atoms with van der Waals surface area (Å²) in [6.07, 6.45) is 0.806. The molecule has 2 aromatic carbocycles. The highest BCUT2D eigenvalue weighted by Gasteiger charge is 2.09. The second kappa shape index (κ2) is 5.47. The minimum Gasteiger partial charge on any atom is -0.330 e. The Balaban J connectivity index is 2.04. The van der Waals surface area contributed by atoms with Crippen LogP contribution in [-0.2, 0) is 13.0 Å². The van der Waals surface area contributed by atoms with Crippen molar-refractivity contribution in [2.75, 3.05) is 6.54 Å². The molecule has 0 radical (unpaired) electrons. The van der Waals surface area contributed by atoms with Gasteiger partial charge in [0.2, 0.25) is 0 Å². The number of aromatic nitrogens is 2. The van der Waals surface area contributed by atoms with Crippen molar-refractivity contribution in [2.45, 2.75) is 19.9 Å². The van der Waals surface area contributed by atoms with Crippen LogP contribution in [0.15, 0.2) is 48.5 Å². The molecular formula is C17H19N3. The van der Waals surface area contributed by atoms with E-state index in [-0.39, 0.29) is 0 Å². The minimum absolute atomic E-state index is 0.622. The van der Waals surface area contributed by atoms with E-state index in [4.69, 9.17) is 10.7 Å². The van der Waals surface area contributed by atoms with E-state index in [1.165, 1.54) is 16.6 Å². The van der Waals surface area contributed by atoms with E-state index in [0.717, 1.165) is 24.3 Å². The molecule has 0 saturated heterocycles. The normalized spacial score (nSPS) is 11.1. The van der Waals surface area contributed by atoms with E-state index < -0.39 is 0 Å². The Labute approximate surface area is 119 Å². The van der Waals surface area contributed by atoms with Gasteiger partial charge in [0.25, 0.3) is 0 Å². The van der Waals surface area contributed by atoms with Gasteiger partial charge in [0, 0.05) is 13.0 Å². The van der Waals surface area contributed by atoms with Crippen LogP contribution in [0, 0.1) is 6.92 Å². The Morgan fingerprint density at radius 3 is 2.55 bits per heavy atom. The van der Waals surface area contributed by atoms with Crippen LogP contribution < -0.4 is 5.73 Å². The molecule has 0 bridgehead atoms. The Morgan fingerprint density at radius 2 is 1.80 bits per heavy atom. The van der Waals surface area contributed by atoms with Gasteiger partial charge >= 0.3 is 0 Å². The van der Waals surface area contributed by atoms with E-state index in [1.807, 2.05) is 6.07 Å². The third kappa shape index (κ3) is 2.45. The highest BCUT2D eigenvalue weighted by molar-refractivity contribution is 5.76. The molecule has 3 aromatic rings. The van der Waals surface area contributed by atoms with Gasteiger partial charge in [-0.05, 0) is 31.2 Å². The van der Waals surface area contributed by atoms with Crippen molar-refractivity contribution in [3.63, 3.8) is 0 Å². The average molecular weight is 265 g/mol. The third-order valence-corrected chi connectivity index (χ3v) is 3.56. The average Bonchev–Trinajstić information content (AvgIpc) is 2.80. The summed E-state index contributed by atoms with van der Waals surface area (Å²) in [4.78, 5) is 4.70. The fourth-order valence-electron chi connectivity index (χ4n) is 2.50. The second-order valence-corrected chi connectivity index (χ2v) is 5.13. The molecule has 0 atom stereocenters. The molecule has 0 fully saturated rings. The van der Waals surface area contributed by atoms with Crippen LogP contribution in [0.1, 0.15) is 17.0 Å². The van der Waals surface area contributed by atoms with E-state index in [1.54, 1.807) is 0 Å². The third-order valence-electron chi connectivity index (χ3n) is 3.56. The van der Waals surface area contributed by atoms with Gasteiger partial charge in [-0.15, -0.1) is 0 Å². The highest BCUT2D eigenvalue weighted by atomic mass is 15.1. The predicted molar refractivity (Wildman–Crippen MR) is 82.8 cm³/mol. The number of para-hydroxylation sites is 2. The lowest BCUT2D eigenvalue weighted by Crippen LogP contribution is -2.10. The fourth-order valence-corrected chi connectivity index (χ4v) is 2.50. The molecule has 0 unspecified atom stereocenters. The molecule has 0 spiro atoms. The predicted octanol–water partition coefficient (Wildman–Crippen LogP) is 2.89. The van der Waals surface area contributed by atoms with E-state index >= 15 is 0 Å². The largest absolute Gasteiger partial charge is 0.330 e. The molecular weight excluding hydrogens is 246 g/mol. The lowest BCUT2D eigenvalue weighted by Gasteiger charge is -2.09. The van der Waals surface area contributed by atoms with Gasteiger partial charge in [0.05, 0.1) is 11.0 Å². The number of benzene rings is 2.